The van der Waals surface area contributed by atoms with Gasteiger partial charge in [0.15, 0.2) is 0 Å². The predicted molar refractivity (Wildman–Crippen MR) is 137 cm³/mol. The van der Waals surface area contributed by atoms with Gasteiger partial charge in [0.25, 0.3) is 5.91 Å². The summed E-state index contributed by atoms with van der Waals surface area (Å²) in [5.74, 6) is -0.223. The molecule has 1 amide bonds. The van der Waals surface area contributed by atoms with E-state index in [1.165, 1.54) is 7.11 Å². The molecule has 4 aromatic rings. The molecular formula is C25H24N4O3PS+. The number of aromatic nitrogens is 1. The van der Waals surface area contributed by atoms with Crippen molar-refractivity contribution in [1.82, 2.24) is 10.1 Å². The summed E-state index contributed by atoms with van der Waals surface area (Å²) in [6.07, 6.45) is 4.13. The van der Waals surface area contributed by atoms with Crippen molar-refractivity contribution < 1.29 is 13.9 Å². The molecule has 2 aromatic carbocycles. The number of nitrogens with one attached hydrogen (secondary N) is 2. The Balaban J connectivity index is 1.44. The third-order valence-electron chi connectivity index (χ3n) is 5.29. The topological polar surface area (TPSA) is 106 Å². The SMILES string of the molecule is CO[P+](=O)NCc1cnccc1Cc1ccc(C(=O)Nc2cc(-c3cccs3)ccc2N)cc1. The largest absolute Gasteiger partial charge is 0.613 e. The molecular weight excluding hydrogens is 467 g/mol. The van der Waals surface area contributed by atoms with Gasteiger partial charge in [0.2, 0.25) is 0 Å². The summed E-state index contributed by atoms with van der Waals surface area (Å²) < 4.78 is 16.3. The third-order valence-corrected chi connectivity index (χ3v) is 6.95. The van der Waals surface area contributed by atoms with Crippen LogP contribution in [-0.4, -0.2) is 18.0 Å². The Bertz CT molecular complexity index is 1290. The van der Waals surface area contributed by atoms with Crippen molar-refractivity contribution in [2.75, 3.05) is 18.2 Å². The zero-order chi connectivity index (χ0) is 23.9. The Kier molecular flexibility index (Phi) is 7.77. The number of thiophene rings is 1. The first-order valence-electron chi connectivity index (χ1n) is 10.5. The molecule has 4 rings (SSSR count). The number of nitrogen functional groups attached to an aromatic ring is 1. The second kappa shape index (κ2) is 11.1. The summed E-state index contributed by atoms with van der Waals surface area (Å²) >= 11 is 1.63. The quantitative estimate of drug-likeness (QED) is 0.207. The van der Waals surface area contributed by atoms with Gasteiger partial charge < -0.3 is 11.1 Å². The van der Waals surface area contributed by atoms with Gasteiger partial charge in [-0.05, 0) is 75.0 Å². The number of nitrogens with two attached hydrogens (primary N) is 1. The lowest BCUT2D eigenvalue weighted by atomic mass is 10.0. The zero-order valence-electron chi connectivity index (χ0n) is 18.5. The lowest BCUT2D eigenvalue weighted by Crippen LogP contribution is -2.13. The van der Waals surface area contributed by atoms with Crippen LogP contribution in [0.1, 0.15) is 27.0 Å². The van der Waals surface area contributed by atoms with Gasteiger partial charge >= 0.3 is 8.18 Å². The molecule has 172 valence electrons. The van der Waals surface area contributed by atoms with Crippen LogP contribution in [0.3, 0.4) is 0 Å². The van der Waals surface area contributed by atoms with E-state index in [1.807, 2.05) is 47.8 Å². The van der Waals surface area contributed by atoms with E-state index >= 15 is 0 Å². The molecule has 0 aliphatic heterocycles. The van der Waals surface area contributed by atoms with E-state index in [9.17, 15) is 9.36 Å². The fourth-order valence-corrected chi connectivity index (χ4v) is 4.60. The highest BCUT2D eigenvalue weighted by molar-refractivity contribution is 7.36. The van der Waals surface area contributed by atoms with Crippen LogP contribution < -0.4 is 16.1 Å². The molecule has 0 fully saturated rings. The van der Waals surface area contributed by atoms with Crippen LogP contribution >= 0.6 is 19.5 Å². The van der Waals surface area contributed by atoms with E-state index in [-0.39, 0.29) is 5.91 Å². The highest BCUT2D eigenvalue weighted by atomic mass is 32.1. The van der Waals surface area contributed by atoms with Crippen LogP contribution in [0.25, 0.3) is 10.4 Å². The van der Waals surface area contributed by atoms with Crippen molar-refractivity contribution in [2.45, 2.75) is 13.0 Å². The number of rotatable bonds is 9. The molecule has 0 aliphatic rings. The van der Waals surface area contributed by atoms with Gasteiger partial charge in [0.1, 0.15) is 0 Å². The average molecular weight is 492 g/mol. The maximum atomic E-state index is 12.8. The van der Waals surface area contributed by atoms with Gasteiger partial charge in [-0.1, -0.05) is 29.4 Å². The minimum atomic E-state index is -1.90. The van der Waals surface area contributed by atoms with Crippen molar-refractivity contribution in [3.63, 3.8) is 0 Å². The Morgan fingerprint density at radius 3 is 2.68 bits per heavy atom. The predicted octanol–water partition coefficient (Wildman–Crippen LogP) is 5.63. The van der Waals surface area contributed by atoms with Gasteiger partial charge in [-0.25, -0.2) is 0 Å². The van der Waals surface area contributed by atoms with E-state index in [2.05, 4.69) is 15.4 Å². The lowest BCUT2D eigenvalue weighted by molar-refractivity contribution is 0.102. The molecule has 2 heterocycles. The van der Waals surface area contributed by atoms with E-state index in [1.54, 1.807) is 41.9 Å². The monoisotopic (exact) mass is 491 g/mol. The van der Waals surface area contributed by atoms with E-state index < -0.39 is 8.18 Å². The highest BCUT2D eigenvalue weighted by Crippen LogP contribution is 2.30. The molecule has 34 heavy (non-hydrogen) atoms. The number of nitrogens with zero attached hydrogens (tertiary/aromatic N) is 1. The summed E-state index contributed by atoms with van der Waals surface area (Å²) in [5.41, 5.74) is 11.8. The number of carbonyl (C=O) groups excluding carboxylic acids is 1. The lowest BCUT2D eigenvalue weighted by Gasteiger charge is -2.11. The minimum absolute atomic E-state index is 0.223. The maximum absolute atomic E-state index is 12.8. The molecule has 0 saturated carbocycles. The van der Waals surface area contributed by atoms with Crippen LogP contribution in [-0.2, 0) is 22.1 Å². The van der Waals surface area contributed by atoms with Crippen molar-refractivity contribution in [2.24, 2.45) is 0 Å². The van der Waals surface area contributed by atoms with Gasteiger partial charge in [-0.2, -0.15) is 0 Å². The molecule has 0 spiro atoms. The second-order valence-electron chi connectivity index (χ2n) is 7.53. The zero-order valence-corrected chi connectivity index (χ0v) is 20.2. The van der Waals surface area contributed by atoms with Gasteiger partial charge in [0.05, 0.1) is 25.0 Å². The van der Waals surface area contributed by atoms with E-state index in [0.29, 0.717) is 29.9 Å². The number of hydrogen-bond donors (Lipinski definition) is 3. The number of hydrogen-bond acceptors (Lipinski definition) is 6. The average Bonchev–Trinajstić information content (AvgIpc) is 3.40. The van der Waals surface area contributed by atoms with Crippen molar-refractivity contribution in [3.05, 3.63) is 101 Å². The normalized spacial score (nSPS) is 11.3. The van der Waals surface area contributed by atoms with Crippen LogP contribution in [0, 0.1) is 0 Å². The van der Waals surface area contributed by atoms with Crippen LogP contribution in [0.4, 0.5) is 11.4 Å². The Morgan fingerprint density at radius 1 is 1.12 bits per heavy atom. The molecule has 1 unspecified atom stereocenters. The second-order valence-corrected chi connectivity index (χ2v) is 9.67. The smallest absolute Gasteiger partial charge is 0.397 e. The van der Waals surface area contributed by atoms with Gasteiger partial charge in [-0.15, -0.1) is 15.9 Å². The maximum Gasteiger partial charge on any atom is 0.613 e. The molecule has 2 aromatic heterocycles. The Hall–Kier alpha value is -3.42. The molecule has 0 radical (unpaired) electrons. The summed E-state index contributed by atoms with van der Waals surface area (Å²) in [6, 6.07) is 19.0. The number of anilines is 2. The van der Waals surface area contributed by atoms with Crippen LogP contribution in [0.15, 0.2) is 78.4 Å². The standard InChI is InChI=1S/C25H23N4O3PS/c1-32-33(31)28-16-21-15-27-11-10-19(21)13-17-4-6-18(7-5-17)25(30)29-23-14-20(8-9-22(23)26)24-3-2-12-34-24/h2-12,14-15H,13,16,26H2,1H3,(H-,28,29,30,31)/p+1. The number of benzene rings is 2. The summed E-state index contributed by atoms with van der Waals surface area (Å²) in [6.45, 7) is 0.388. The van der Waals surface area contributed by atoms with E-state index in [0.717, 1.165) is 27.1 Å². The molecule has 4 N–H and O–H groups in total. The van der Waals surface area contributed by atoms with Gasteiger partial charge in [-0.3, -0.25) is 9.78 Å². The van der Waals surface area contributed by atoms with Crippen molar-refractivity contribution in [1.29, 1.82) is 0 Å². The van der Waals surface area contributed by atoms with Crippen LogP contribution in [0.5, 0.6) is 0 Å². The van der Waals surface area contributed by atoms with E-state index in [4.69, 9.17) is 10.3 Å². The summed E-state index contributed by atoms with van der Waals surface area (Å²) in [5, 5.41) is 7.76. The fraction of sp³-hybridized carbons (Fsp3) is 0.120. The number of pyridine rings is 1. The summed E-state index contributed by atoms with van der Waals surface area (Å²) in [4.78, 5) is 18.1. The molecule has 0 bridgehead atoms. The number of amides is 1. The molecule has 0 saturated heterocycles. The van der Waals surface area contributed by atoms with Crippen molar-refractivity contribution >= 4 is 36.8 Å². The Labute approximate surface area is 202 Å². The summed E-state index contributed by atoms with van der Waals surface area (Å²) in [7, 11) is -0.511. The van der Waals surface area contributed by atoms with Gasteiger partial charge in [0, 0.05) is 22.8 Å². The molecule has 9 heteroatoms. The Morgan fingerprint density at radius 2 is 1.94 bits per heavy atom. The molecule has 0 aliphatic carbocycles. The third kappa shape index (κ3) is 5.92. The molecule has 7 nitrogen and oxygen atoms in total. The first kappa shape index (κ1) is 23.7. The molecule has 1 atom stereocenters. The minimum Gasteiger partial charge on any atom is -0.397 e. The van der Waals surface area contributed by atoms with Crippen molar-refractivity contribution in [3.8, 4) is 10.4 Å². The fourth-order valence-electron chi connectivity index (χ4n) is 3.45. The first-order chi connectivity index (χ1) is 16.5. The highest BCUT2D eigenvalue weighted by Gasteiger charge is 2.15. The first-order valence-corrected chi connectivity index (χ1v) is 12.6. The van der Waals surface area contributed by atoms with Crippen LogP contribution in [0.2, 0.25) is 0 Å². The number of carbonyl (C=O) groups is 1.